The zero-order chi connectivity index (χ0) is 29.4. The van der Waals surface area contributed by atoms with E-state index in [4.69, 9.17) is 14.7 Å². The molecule has 0 radical (unpaired) electrons. The van der Waals surface area contributed by atoms with Gasteiger partial charge >= 0.3 is 0 Å². The number of aromatic nitrogens is 3. The Hall–Kier alpha value is -2.77. The summed E-state index contributed by atoms with van der Waals surface area (Å²) in [7, 11) is -2.25. The number of fused-ring (bicyclic) bond motifs is 5. The van der Waals surface area contributed by atoms with Crippen molar-refractivity contribution in [2.24, 2.45) is 0 Å². The maximum atomic E-state index is 13.3. The van der Waals surface area contributed by atoms with Crippen LogP contribution < -0.4 is 4.90 Å². The van der Waals surface area contributed by atoms with Crippen LogP contribution >= 0.6 is 0 Å². The Labute approximate surface area is 248 Å². The van der Waals surface area contributed by atoms with Crippen LogP contribution in [0.15, 0.2) is 48.5 Å². The fraction of sp³-hybridized carbons (Fsp3) is 0.559. The molecule has 1 aromatic heterocycles. The lowest BCUT2D eigenvalue weighted by Gasteiger charge is -2.35. The van der Waals surface area contributed by atoms with Gasteiger partial charge in [-0.1, -0.05) is 113 Å². The van der Waals surface area contributed by atoms with Crippen LogP contribution in [0.25, 0.3) is 22.5 Å². The predicted octanol–water partition coefficient (Wildman–Crippen LogP) is 9.11. The summed E-state index contributed by atoms with van der Waals surface area (Å²) < 4.78 is 8.89. The van der Waals surface area contributed by atoms with Gasteiger partial charge in [0, 0.05) is 23.7 Å². The maximum Gasteiger partial charge on any atom is 0.227 e. The SMILES string of the molecule is CCCCCCCCCCC(n1nnc2c1-c1ccccc1N(C(=O)CC)Cc1ccccc1-2)[Si](C)(C)OC(C)C. The summed E-state index contributed by atoms with van der Waals surface area (Å²) in [5.74, 6) is 0.114. The van der Waals surface area contributed by atoms with Gasteiger partial charge in [0.2, 0.25) is 14.2 Å². The van der Waals surface area contributed by atoms with Crippen molar-refractivity contribution in [3.63, 3.8) is 0 Å². The molecular weight excluding hydrogens is 524 g/mol. The second kappa shape index (κ2) is 14.4. The highest BCUT2D eigenvalue weighted by atomic mass is 28.4. The second-order valence-corrected chi connectivity index (χ2v) is 16.4. The number of carbonyl (C=O) groups excluding carboxylic acids is 1. The van der Waals surface area contributed by atoms with Crippen LogP contribution in [0.2, 0.25) is 13.1 Å². The van der Waals surface area contributed by atoms with E-state index < -0.39 is 8.32 Å². The number of nitrogens with zero attached hydrogens (tertiary/aromatic N) is 4. The Morgan fingerprint density at radius 1 is 0.902 bits per heavy atom. The molecule has 2 heterocycles. The lowest BCUT2D eigenvalue weighted by atomic mass is 9.95. The van der Waals surface area contributed by atoms with Gasteiger partial charge in [-0.3, -0.25) is 4.79 Å². The van der Waals surface area contributed by atoms with Gasteiger partial charge in [0.1, 0.15) is 5.69 Å². The monoisotopic (exact) mass is 574 g/mol. The fourth-order valence-corrected chi connectivity index (χ4v) is 9.37. The number of rotatable bonds is 14. The molecule has 1 unspecified atom stereocenters. The van der Waals surface area contributed by atoms with Gasteiger partial charge < -0.3 is 9.33 Å². The summed E-state index contributed by atoms with van der Waals surface area (Å²) in [4.78, 5) is 15.3. The highest BCUT2D eigenvalue weighted by Crippen LogP contribution is 2.44. The van der Waals surface area contributed by atoms with Gasteiger partial charge in [0.15, 0.2) is 0 Å². The Balaban J connectivity index is 1.78. The largest absolute Gasteiger partial charge is 0.413 e. The number of carbonyl (C=O) groups is 1. The van der Waals surface area contributed by atoms with E-state index in [0.29, 0.717) is 13.0 Å². The zero-order valence-electron chi connectivity index (χ0n) is 26.2. The standard InChI is InChI=1S/C34H50N4O2Si/c1-7-9-10-11-12-13-14-15-24-32(41(5,6)40-26(3)4)38-34-29-22-18-19-23-30(29)37(31(39)8-2)25-27-20-16-17-21-28(27)33(34)35-36-38/h16-23,26,32H,7-15,24-25H2,1-6H3. The number of anilines is 1. The smallest absolute Gasteiger partial charge is 0.227 e. The Bertz CT molecular complexity index is 1290. The average Bonchev–Trinajstić information content (AvgIpc) is 3.37. The molecule has 4 rings (SSSR count). The third-order valence-electron chi connectivity index (χ3n) is 8.32. The molecule has 1 aliphatic rings. The highest BCUT2D eigenvalue weighted by molar-refractivity contribution is 6.72. The van der Waals surface area contributed by atoms with Crippen LogP contribution in [0.4, 0.5) is 5.69 Å². The number of hydrogen-bond donors (Lipinski definition) is 0. The summed E-state index contributed by atoms with van der Waals surface area (Å²) in [5, 5.41) is 9.77. The maximum absolute atomic E-state index is 13.3. The van der Waals surface area contributed by atoms with E-state index in [2.05, 4.69) is 74.9 Å². The molecule has 222 valence electrons. The van der Waals surface area contributed by atoms with Crippen LogP contribution in [0, 0.1) is 0 Å². The molecule has 0 fully saturated rings. The van der Waals surface area contributed by atoms with Crippen molar-refractivity contribution in [3.05, 3.63) is 54.1 Å². The number of benzene rings is 2. The summed E-state index contributed by atoms with van der Waals surface area (Å²) in [5.41, 5.74) is 6.09. The van der Waals surface area contributed by atoms with Crippen molar-refractivity contribution in [3.8, 4) is 22.5 Å². The molecule has 1 aliphatic heterocycles. The number of para-hydroxylation sites is 1. The molecule has 6 nitrogen and oxygen atoms in total. The highest BCUT2D eigenvalue weighted by Gasteiger charge is 2.40. The molecule has 2 aromatic carbocycles. The first-order valence-corrected chi connectivity index (χ1v) is 18.9. The topological polar surface area (TPSA) is 60.2 Å². The molecule has 3 aromatic rings. The number of hydrogen-bond acceptors (Lipinski definition) is 4. The molecule has 0 saturated heterocycles. The van der Waals surface area contributed by atoms with Crippen LogP contribution in [0.1, 0.15) is 103 Å². The van der Waals surface area contributed by atoms with E-state index >= 15 is 0 Å². The first-order chi connectivity index (χ1) is 19.8. The van der Waals surface area contributed by atoms with E-state index in [0.717, 1.165) is 46.6 Å². The Kier molecular flexibility index (Phi) is 11.0. The quantitative estimate of drug-likeness (QED) is 0.142. The molecule has 0 bridgehead atoms. The van der Waals surface area contributed by atoms with Gasteiger partial charge in [-0.05, 0) is 45.0 Å². The molecule has 0 saturated carbocycles. The molecule has 1 atom stereocenters. The van der Waals surface area contributed by atoms with Gasteiger partial charge in [-0.25, -0.2) is 4.68 Å². The fourth-order valence-electron chi connectivity index (χ4n) is 6.33. The number of unbranched alkanes of at least 4 members (excludes halogenated alkanes) is 7. The minimum Gasteiger partial charge on any atom is -0.413 e. The molecule has 1 amide bonds. The van der Waals surface area contributed by atoms with Crippen molar-refractivity contribution in [2.75, 3.05) is 4.90 Å². The van der Waals surface area contributed by atoms with Crippen molar-refractivity contribution < 1.29 is 9.22 Å². The Morgan fingerprint density at radius 3 is 2.22 bits per heavy atom. The predicted molar refractivity (Wildman–Crippen MR) is 172 cm³/mol. The van der Waals surface area contributed by atoms with Gasteiger partial charge in [-0.15, -0.1) is 5.10 Å². The van der Waals surface area contributed by atoms with Crippen molar-refractivity contribution in [1.29, 1.82) is 0 Å². The van der Waals surface area contributed by atoms with Crippen molar-refractivity contribution in [2.45, 2.75) is 123 Å². The first-order valence-electron chi connectivity index (χ1n) is 15.9. The van der Waals surface area contributed by atoms with Crippen molar-refractivity contribution >= 4 is 19.9 Å². The lowest BCUT2D eigenvalue weighted by Crippen LogP contribution is -2.44. The summed E-state index contributed by atoms with van der Waals surface area (Å²) >= 11 is 0. The van der Waals surface area contributed by atoms with E-state index in [1.54, 1.807) is 0 Å². The minimum atomic E-state index is -2.25. The zero-order valence-corrected chi connectivity index (χ0v) is 27.2. The van der Waals surface area contributed by atoms with Crippen molar-refractivity contribution in [1.82, 2.24) is 15.0 Å². The first kappa shape index (κ1) is 31.2. The Morgan fingerprint density at radius 2 is 1.54 bits per heavy atom. The second-order valence-electron chi connectivity index (χ2n) is 12.3. The van der Waals surface area contributed by atoms with Gasteiger partial charge in [0.05, 0.1) is 23.6 Å². The minimum absolute atomic E-state index is 0.114. The van der Waals surface area contributed by atoms with E-state index in [1.165, 1.54) is 44.9 Å². The summed E-state index contributed by atoms with van der Waals surface area (Å²) in [6.07, 6.45) is 11.9. The van der Waals surface area contributed by atoms with Crippen LogP contribution in [-0.2, 0) is 15.8 Å². The lowest BCUT2D eigenvalue weighted by molar-refractivity contribution is -0.118. The van der Waals surface area contributed by atoms with Gasteiger partial charge in [0.25, 0.3) is 0 Å². The van der Waals surface area contributed by atoms with Gasteiger partial charge in [-0.2, -0.15) is 0 Å². The third kappa shape index (κ3) is 7.36. The van der Waals surface area contributed by atoms with Crippen LogP contribution in [-0.4, -0.2) is 35.3 Å². The summed E-state index contributed by atoms with van der Waals surface area (Å²) in [6, 6.07) is 16.6. The number of amides is 1. The van der Waals surface area contributed by atoms with Crippen LogP contribution in [0.3, 0.4) is 0 Å². The van der Waals surface area contributed by atoms with E-state index in [-0.39, 0.29) is 17.7 Å². The summed E-state index contributed by atoms with van der Waals surface area (Å²) in [6.45, 7) is 13.6. The van der Waals surface area contributed by atoms with E-state index in [1.807, 2.05) is 24.0 Å². The molecule has 7 heteroatoms. The van der Waals surface area contributed by atoms with Crippen LogP contribution in [0.5, 0.6) is 0 Å². The average molecular weight is 575 g/mol. The molecule has 0 aliphatic carbocycles. The van der Waals surface area contributed by atoms with E-state index in [9.17, 15) is 4.79 Å². The molecule has 0 N–H and O–H groups in total. The molecule has 41 heavy (non-hydrogen) atoms. The third-order valence-corrected chi connectivity index (χ3v) is 11.5. The molecule has 0 spiro atoms. The normalized spacial score (nSPS) is 13.8. The molecular formula is C34H50N4O2Si.